The second-order valence-electron chi connectivity index (χ2n) is 2.85. The Kier molecular flexibility index (Phi) is 6.20. The van der Waals surface area contributed by atoms with Gasteiger partial charge >= 0.3 is 0 Å². The molecule has 14 heavy (non-hydrogen) atoms. The van der Waals surface area contributed by atoms with Gasteiger partial charge in [0.1, 0.15) is 12.0 Å². The SMILES string of the molecule is C=N/C(=C\C(C)=C/C)C(=O)CCC=O. The van der Waals surface area contributed by atoms with E-state index >= 15 is 0 Å². The summed E-state index contributed by atoms with van der Waals surface area (Å²) in [5.74, 6) is -0.145. The summed E-state index contributed by atoms with van der Waals surface area (Å²) in [6, 6.07) is 0. The fraction of sp³-hybridized carbons (Fsp3) is 0.364. The number of allylic oxidation sites excluding steroid dienone is 4. The van der Waals surface area contributed by atoms with Crippen molar-refractivity contribution < 1.29 is 9.59 Å². The molecule has 0 heterocycles. The Hall–Kier alpha value is -1.51. The number of hydrogen-bond acceptors (Lipinski definition) is 3. The summed E-state index contributed by atoms with van der Waals surface area (Å²) in [6.45, 7) is 7.07. The largest absolute Gasteiger partial charge is 0.303 e. The van der Waals surface area contributed by atoms with Gasteiger partial charge < -0.3 is 4.79 Å². The topological polar surface area (TPSA) is 46.5 Å². The number of ketones is 1. The lowest BCUT2D eigenvalue weighted by atomic mass is 10.1. The van der Waals surface area contributed by atoms with Crippen molar-refractivity contribution >= 4 is 18.8 Å². The number of carbonyl (C=O) groups is 2. The Morgan fingerprint density at radius 3 is 2.57 bits per heavy atom. The van der Waals surface area contributed by atoms with Crippen LogP contribution in [0.2, 0.25) is 0 Å². The van der Waals surface area contributed by atoms with Crippen molar-refractivity contribution in [1.82, 2.24) is 0 Å². The molecule has 0 aromatic heterocycles. The molecule has 0 amide bonds. The molecule has 0 bridgehead atoms. The minimum atomic E-state index is -0.145. The Labute approximate surface area is 84.2 Å². The summed E-state index contributed by atoms with van der Waals surface area (Å²) in [5.41, 5.74) is 1.27. The van der Waals surface area contributed by atoms with E-state index < -0.39 is 0 Å². The first-order valence-electron chi connectivity index (χ1n) is 4.43. The molecule has 0 spiro atoms. The maximum Gasteiger partial charge on any atom is 0.181 e. The van der Waals surface area contributed by atoms with Crippen LogP contribution in [0.4, 0.5) is 0 Å². The van der Waals surface area contributed by atoms with Crippen molar-refractivity contribution in [3.63, 3.8) is 0 Å². The van der Waals surface area contributed by atoms with Gasteiger partial charge in [-0.3, -0.25) is 9.79 Å². The van der Waals surface area contributed by atoms with Crippen molar-refractivity contribution in [2.24, 2.45) is 4.99 Å². The van der Waals surface area contributed by atoms with E-state index in [0.29, 0.717) is 5.70 Å². The summed E-state index contributed by atoms with van der Waals surface area (Å²) >= 11 is 0. The number of rotatable bonds is 6. The number of aldehydes is 1. The predicted octanol–water partition coefficient (Wildman–Crippen LogP) is 2.09. The molecule has 0 rings (SSSR count). The first-order chi connectivity index (χ1) is 6.65. The van der Waals surface area contributed by atoms with Crippen LogP contribution in [-0.4, -0.2) is 18.8 Å². The van der Waals surface area contributed by atoms with Crippen LogP contribution < -0.4 is 0 Å². The molecule has 3 heteroatoms. The van der Waals surface area contributed by atoms with Gasteiger partial charge in [0.05, 0.1) is 0 Å². The molecule has 0 aromatic carbocycles. The maximum atomic E-state index is 11.4. The number of aliphatic imine (C=N–C) groups is 1. The Morgan fingerprint density at radius 1 is 1.50 bits per heavy atom. The van der Waals surface area contributed by atoms with E-state index in [4.69, 9.17) is 0 Å². The molecular formula is C11H15NO2. The van der Waals surface area contributed by atoms with Gasteiger partial charge in [-0.1, -0.05) is 11.6 Å². The molecule has 0 saturated heterocycles. The third-order valence-corrected chi connectivity index (χ3v) is 1.77. The summed E-state index contributed by atoms with van der Waals surface area (Å²) in [4.78, 5) is 25.1. The third-order valence-electron chi connectivity index (χ3n) is 1.77. The zero-order valence-corrected chi connectivity index (χ0v) is 8.62. The Morgan fingerprint density at radius 2 is 2.14 bits per heavy atom. The fourth-order valence-electron chi connectivity index (χ4n) is 0.831. The second-order valence-corrected chi connectivity index (χ2v) is 2.85. The van der Waals surface area contributed by atoms with Gasteiger partial charge in [-0.2, -0.15) is 0 Å². The molecule has 0 N–H and O–H groups in total. The number of nitrogens with zero attached hydrogens (tertiary/aromatic N) is 1. The second kappa shape index (κ2) is 6.95. The molecule has 3 nitrogen and oxygen atoms in total. The van der Waals surface area contributed by atoms with Crippen LogP contribution in [0.15, 0.2) is 28.4 Å². The van der Waals surface area contributed by atoms with Gasteiger partial charge in [-0.05, 0) is 26.6 Å². The smallest absolute Gasteiger partial charge is 0.181 e. The predicted molar refractivity (Wildman–Crippen MR) is 57.4 cm³/mol. The molecule has 0 unspecified atom stereocenters. The fourth-order valence-corrected chi connectivity index (χ4v) is 0.831. The minimum Gasteiger partial charge on any atom is -0.303 e. The zero-order valence-electron chi connectivity index (χ0n) is 8.62. The van der Waals surface area contributed by atoms with E-state index in [-0.39, 0.29) is 18.6 Å². The van der Waals surface area contributed by atoms with Crippen molar-refractivity contribution in [3.05, 3.63) is 23.4 Å². The van der Waals surface area contributed by atoms with Crippen LogP contribution in [-0.2, 0) is 9.59 Å². The normalized spacial score (nSPS) is 12.4. The van der Waals surface area contributed by atoms with Crippen LogP contribution in [0.3, 0.4) is 0 Å². The third kappa shape index (κ3) is 4.50. The molecule has 0 aromatic rings. The number of Topliss-reactive ketones (excluding diaryl/α,β-unsaturated/α-hetero) is 1. The molecule has 76 valence electrons. The number of hydrogen-bond donors (Lipinski definition) is 0. The van der Waals surface area contributed by atoms with Crippen molar-refractivity contribution in [3.8, 4) is 0 Å². The van der Waals surface area contributed by atoms with Crippen molar-refractivity contribution in [1.29, 1.82) is 0 Å². The first-order valence-corrected chi connectivity index (χ1v) is 4.43. The van der Waals surface area contributed by atoms with E-state index in [1.54, 1.807) is 6.08 Å². The van der Waals surface area contributed by atoms with Gasteiger partial charge in [-0.25, -0.2) is 0 Å². The lowest BCUT2D eigenvalue weighted by molar-refractivity contribution is -0.117. The highest BCUT2D eigenvalue weighted by molar-refractivity contribution is 5.96. The monoisotopic (exact) mass is 193 g/mol. The van der Waals surface area contributed by atoms with Crippen LogP contribution in [0.1, 0.15) is 26.7 Å². The van der Waals surface area contributed by atoms with Gasteiger partial charge in [-0.15, -0.1) is 0 Å². The van der Waals surface area contributed by atoms with E-state index in [0.717, 1.165) is 11.9 Å². The molecule has 0 radical (unpaired) electrons. The van der Waals surface area contributed by atoms with E-state index in [1.807, 2.05) is 19.9 Å². The molecule has 0 fully saturated rings. The van der Waals surface area contributed by atoms with Crippen molar-refractivity contribution in [2.75, 3.05) is 0 Å². The molecule has 0 saturated carbocycles. The van der Waals surface area contributed by atoms with E-state index in [9.17, 15) is 9.59 Å². The van der Waals surface area contributed by atoms with Crippen LogP contribution in [0.25, 0.3) is 0 Å². The highest BCUT2D eigenvalue weighted by Gasteiger charge is 2.06. The average Bonchev–Trinajstić information content (AvgIpc) is 2.21. The Balaban J connectivity index is 4.55. The Bertz CT molecular complexity index is 288. The van der Waals surface area contributed by atoms with Crippen LogP contribution >= 0.6 is 0 Å². The summed E-state index contributed by atoms with van der Waals surface area (Å²) in [5, 5.41) is 0. The quantitative estimate of drug-likeness (QED) is 0.280. The zero-order chi connectivity index (χ0) is 11.0. The molecule has 0 aliphatic heterocycles. The molecule has 0 aliphatic carbocycles. The summed E-state index contributed by atoms with van der Waals surface area (Å²) in [7, 11) is 0. The van der Waals surface area contributed by atoms with Crippen molar-refractivity contribution in [2.45, 2.75) is 26.7 Å². The van der Waals surface area contributed by atoms with Gasteiger partial charge in [0.25, 0.3) is 0 Å². The van der Waals surface area contributed by atoms with Crippen LogP contribution in [0.5, 0.6) is 0 Å². The van der Waals surface area contributed by atoms with E-state index in [2.05, 4.69) is 11.7 Å². The lowest BCUT2D eigenvalue weighted by Crippen LogP contribution is -2.00. The van der Waals surface area contributed by atoms with Gasteiger partial charge in [0.2, 0.25) is 0 Å². The van der Waals surface area contributed by atoms with E-state index in [1.165, 1.54) is 0 Å². The lowest BCUT2D eigenvalue weighted by Gasteiger charge is -1.98. The van der Waals surface area contributed by atoms with Gasteiger partial charge in [0, 0.05) is 12.8 Å². The number of carbonyl (C=O) groups excluding carboxylic acids is 2. The molecule has 0 aliphatic rings. The highest BCUT2D eigenvalue weighted by Crippen LogP contribution is 2.07. The molecule has 0 atom stereocenters. The maximum absolute atomic E-state index is 11.4. The standard InChI is InChI=1S/C11H15NO2/c1-4-9(2)8-10(12-3)11(14)6-5-7-13/h4,7-8H,3,5-6H2,1-2H3/b9-4-,10-8-. The summed E-state index contributed by atoms with van der Waals surface area (Å²) in [6.07, 6.45) is 4.70. The van der Waals surface area contributed by atoms with Crippen LogP contribution in [0, 0.1) is 0 Å². The van der Waals surface area contributed by atoms with Gasteiger partial charge in [0.15, 0.2) is 5.78 Å². The molecular weight excluding hydrogens is 178 g/mol. The summed E-state index contributed by atoms with van der Waals surface area (Å²) < 4.78 is 0. The average molecular weight is 193 g/mol. The highest BCUT2D eigenvalue weighted by atomic mass is 16.1. The first kappa shape index (κ1) is 12.5. The minimum absolute atomic E-state index is 0.145.